The summed E-state index contributed by atoms with van der Waals surface area (Å²) in [4.78, 5) is 21.0. The number of hydrogen-bond donors (Lipinski definition) is 0. The fourth-order valence-corrected chi connectivity index (χ4v) is 11.7. The maximum atomic E-state index is 7.17. The van der Waals surface area contributed by atoms with Crippen LogP contribution in [0, 0.1) is 0 Å². The minimum atomic E-state index is -0.559. The van der Waals surface area contributed by atoms with Crippen molar-refractivity contribution in [1.29, 1.82) is 0 Å². The highest BCUT2D eigenvalue weighted by atomic mass is 16.3. The zero-order chi connectivity index (χ0) is 47.3. The van der Waals surface area contributed by atoms with E-state index in [9.17, 15) is 0 Å². The summed E-state index contributed by atoms with van der Waals surface area (Å²) in [5.74, 6) is 2.27. The van der Waals surface area contributed by atoms with Crippen molar-refractivity contribution >= 4 is 54.7 Å². The van der Waals surface area contributed by atoms with Crippen LogP contribution in [0.3, 0.4) is 0 Å². The van der Waals surface area contributed by atoms with Crippen LogP contribution in [0.15, 0.2) is 247 Å². The van der Waals surface area contributed by atoms with Gasteiger partial charge >= 0.3 is 0 Å². The molecule has 15 rings (SSSR count). The molecule has 1 aliphatic rings. The molecule has 14 aromatic rings. The molecule has 0 unspecified atom stereocenters. The summed E-state index contributed by atoms with van der Waals surface area (Å²) in [6.45, 7) is 0. The van der Waals surface area contributed by atoms with Crippen LogP contribution in [-0.4, -0.2) is 29.1 Å². The monoisotopic (exact) mass is 920 g/mol. The maximum absolute atomic E-state index is 7.17. The third kappa shape index (κ3) is 5.79. The average molecular weight is 921 g/mol. The van der Waals surface area contributed by atoms with Gasteiger partial charge in [-0.15, -0.1) is 0 Å². The Morgan fingerprint density at radius 1 is 0.361 bits per heavy atom. The first-order valence-electron chi connectivity index (χ1n) is 24.3. The highest BCUT2D eigenvalue weighted by Crippen LogP contribution is 2.57. The predicted molar refractivity (Wildman–Crippen MR) is 290 cm³/mol. The van der Waals surface area contributed by atoms with Gasteiger partial charge in [-0.2, -0.15) is 9.97 Å². The van der Waals surface area contributed by atoms with E-state index < -0.39 is 5.41 Å². The molecular weight excluding hydrogens is 881 g/mol. The SMILES string of the molecule is c1ccc(-c2nc(-c3ccccc3)nc(-n3c4ccccc4c4ccc5c6ccccc6n(-c6cccc7nc(-c8ccc9c(c8)C(c8ccccc8)(c8ccccc8)c8ccccc8-9)oc67)c5c43)n2)cc1. The molecule has 0 spiro atoms. The van der Waals surface area contributed by atoms with Crippen molar-refractivity contribution in [2.24, 2.45) is 0 Å². The van der Waals surface area contributed by atoms with Crippen molar-refractivity contribution < 1.29 is 4.42 Å². The molecule has 4 heterocycles. The quantitative estimate of drug-likeness (QED) is 0.159. The van der Waals surface area contributed by atoms with E-state index in [1.807, 2.05) is 60.7 Å². The third-order valence-corrected chi connectivity index (χ3v) is 14.7. The van der Waals surface area contributed by atoms with Gasteiger partial charge in [0, 0.05) is 38.2 Å². The number of benzene rings is 10. The fraction of sp³-hybridized carbons (Fsp3) is 0.0154. The highest BCUT2D eigenvalue weighted by Gasteiger charge is 2.46. The molecule has 7 nitrogen and oxygen atoms in total. The normalized spacial score (nSPS) is 12.8. The molecule has 0 amide bonds. The molecule has 336 valence electrons. The van der Waals surface area contributed by atoms with Crippen LogP contribution >= 0.6 is 0 Å². The molecule has 0 radical (unpaired) electrons. The molecule has 10 aromatic carbocycles. The van der Waals surface area contributed by atoms with Crippen LogP contribution in [0.25, 0.3) is 112 Å². The molecule has 0 atom stereocenters. The Morgan fingerprint density at radius 3 is 1.53 bits per heavy atom. The molecule has 0 bridgehead atoms. The average Bonchev–Trinajstić information content (AvgIpc) is 4.21. The first-order valence-corrected chi connectivity index (χ1v) is 24.3. The molecular formula is C65H40N6O. The summed E-state index contributed by atoms with van der Waals surface area (Å²) < 4.78 is 11.7. The molecule has 7 heteroatoms. The molecule has 72 heavy (non-hydrogen) atoms. The number of fused-ring (bicyclic) bond motifs is 11. The zero-order valence-electron chi connectivity index (χ0n) is 38.7. The summed E-state index contributed by atoms with van der Waals surface area (Å²) in [6.07, 6.45) is 0. The van der Waals surface area contributed by atoms with Crippen LogP contribution in [0.1, 0.15) is 22.3 Å². The first-order chi connectivity index (χ1) is 35.7. The smallest absolute Gasteiger partial charge is 0.238 e. The second-order valence-corrected chi connectivity index (χ2v) is 18.5. The standard InChI is InChI=1S/C65H40N6O/c1-5-20-41(21-6-1)61-67-62(42-22-7-2-8-23-42)69-64(68-61)71-56-34-18-15-30-49(56)51-39-38-50-48-29-14-17-33-55(48)70(58(50)59(51)71)57-35-19-32-54-60(57)72-63(66-54)43-36-37-47-46-28-13-16-31-52(46)65(53(47)40-43,44-24-9-3-10-25-44)45-26-11-4-12-27-45/h1-40H. The van der Waals surface area contributed by atoms with E-state index in [1.54, 1.807) is 0 Å². The lowest BCUT2D eigenvalue weighted by Gasteiger charge is -2.34. The van der Waals surface area contributed by atoms with Gasteiger partial charge in [0.2, 0.25) is 11.8 Å². The molecule has 0 N–H and O–H groups in total. The van der Waals surface area contributed by atoms with E-state index in [4.69, 9.17) is 24.4 Å². The summed E-state index contributed by atoms with van der Waals surface area (Å²) >= 11 is 0. The van der Waals surface area contributed by atoms with Crippen LogP contribution in [0.4, 0.5) is 0 Å². The van der Waals surface area contributed by atoms with E-state index >= 15 is 0 Å². The lowest BCUT2D eigenvalue weighted by Crippen LogP contribution is -2.28. The Bertz CT molecular complexity index is 4350. The Hall–Kier alpha value is -9.72. The van der Waals surface area contributed by atoms with Crippen molar-refractivity contribution in [3.05, 3.63) is 265 Å². The van der Waals surface area contributed by atoms with Crippen molar-refractivity contribution in [3.63, 3.8) is 0 Å². The largest absolute Gasteiger partial charge is 0.434 e. The van der Waals surface area contributed by atoms with Crippen molar-refractivity contribution in [3.8, 4) is 57.0 Å². The first kappa shape index (κ1) is 40.2. The van der Waals surface area contributed by atoms with Gasteiger partial charge < -0.3 is 8.98 Å². The van der Waals surface area contributed by atoms with Crippen LogP contribution < -0.4 is 0 Å². The van der Waals surface area contributed by atoms with E-state index in [-0.39, 0.29) is 0 Å². The van der Waals surface area contributed by atoms with Gasteiger partial charge in [0.15, 0.2) is 17.2 Å². The van der Waals surface area contributed by atoms with E-state index in [2.05, 4.69) is 191 Å². The third-order valence-electron chi connectivity index (χ3n) is 14.7. The van der Waals surface area contributed by atoms with Crippen LogP contribution in [0.2, 0.25) is 0 Å². The second kappa shape index (κ2) is 15.7. The van der Waals surface area contributed by atoms with Gasteiger partial charge in [0.25, 0.3) is 0 Å². The number of hydrogen-bond acceptors (Lipinski definition) is 5. The van der Waals surface area contributed by atoms with Crippen LogP contribution in [-0.2, 0) is 5.41 Å². The van der Waals surface area contributed by atoms with E-state index in [0.717, 1.165) is 71.5 Å². The van der Waals surface area contributed by atoms with E-state index in [1.165, 1.54) is 33.4 Å². The lowest BCUT2D eigenvalue weighted by molar-refractivity contribution is 0.617. The van der Waals surface area contributed by atoms with E-state index in [0.29, 0.717) is 29.1 Å². The van der Waals surface area contributed by atoms with Gasteiger partial charge in [0.05, 0.1) is 33.2 Å². The number of oxazole rings is 1. The Balaban J connectivity index is 0.986. The number of rotatable bonds is 7. The summed E-state index contributed by atoms with van der Waals surface area (Å²) in [6, 6.07) is 85.5. The molecule has 1 aliphatic carbocycles. The van der Waals surface area contributed by atoms with Crippen molar-refractivity contribution in [2.45, 2.75) is 5.41 Å². The van der Waals surface area contributed by atoms with Crippen molar-refractivity contribution in [1.82, 2.24) is 29.1 Å². The van der Waals surface area contributed by atoms with Gasteiger partial charge in [-0.3, -0.25) is 4.57 Å². The maximum Gasteiger partial charge on any atom is 0.238 e. The van der Waals surface area contributed by atoms with Gasteiger partial charge in [-0.1, -0.05) is 206 Å². The van der Waals surface area contributed by atoms with Gasteiger partial charge in [0.1, 0.15) is 5.52 Å². The molecule has 0 aliphatic heterocycles. The Morgan fingerprint density at radius 2 is 0.889 bits per heavy atom. The highest BCUT2D eigenvalue weighted by molar-refractivity contribution is 6.24. The summed E-state index contributed by atoms with van der Waals surface area (Å²) in [7, 11) is 0. The lowest BCUT2D eigenvalue weighted by atomic mass is 9.67. The molecule has 0 fully saturated rings. The van der Waals surface area contributed by atoms with Crippen LogP contribution in [0.5, 0.6) is 0 Å². The Kier molecular flexibility index (Phi) is 8.74. The molecule has 4 aromatic heterocycles. The fourth-order valence-electron chi connectivity index (χ4n) is 11.7. The topological polar surface area (TPSA) is 74.6 Å². The van der Waals surface area contributed by atoms with Gasteiger partial charge in [-0.25, -0.2) is 9.97 Å². The summed E-state index contributed by atoms with van der Waals surface area (Å²) in [5, 5.41) is 4.38. The number of para-hydroxylation sites is 3. The zero-order valence-corrected chi connectivity index (χ0v) is 38.7. The predicted octanol–water partition coefficient (Wildman–Crippen LogP) is 15.6. The molecule has 0 saturated heterocycles. The minimum Gasteiger partial charge on any atom is -0.434 e. The Labute approximate surface area is 413 Å². The molecule has 0 saturated carbocycles. The minimum absolute atomic E-state index is 0.527. The number of aromatic nitrogens is 6. The summed E-state index contributed by atoms with van der Waals surface area (Å²) in [5.41, 5.74) is 15.8. The van der Waals surface area contributed by atoms with Crippen molar-refractivity contribution in [2.75, 3.05) is 0 Å². The second-order valence-electron chi connectivity index (χ2n) is 18.5. The number of nitrogens with zero attached hydrogens (tertiary/aromatic N) is 6. The van der Waals surface area contributed by atoms with Gasteiger partial charge in [-0.05, 0) is 69.8 Å².